The molecule has 148 valence electrons. The van der Waals surface area contributed by atoms with Gasteiger partial charge in [-0.25, -0.2) is 0 Å². The van der Waals surface area contributed by atoms with Crippen molar-refractivity contribution in [2.24, 2.45) is 5.73 Å². The predicted molar refractivity (Wildman–Crippen MR) is 111 cm³/mol. The summed E-state index contributed by atoms with van der Waals surface area (Å²) in [6, 6.07) is 21.3. The largest absolute Gasteiger partial charge is 0.489 e. The lowest BCUT2D eigenvalue weighted by Gasteiger charge is -2.11. The van der Waals surface area contributed by atoms with Crippen LogP contribution in [0.4, 0.5) is 5.69 Å². The Morgan fingerprint density at radius 2 is 1.66 bits per heavy atom. The summed E-state index contributed by atoms with van der Waals surface area (Å²) in [5.74, 6) is -0.181. The fourth-order valence-corrected chi connectivity index (χ4v) is 2.71. The molecule has 0 unspecified atom stereocenters. The van der Waals surface area contributed by atoms with Gasteiger partial charge < -0.3 is 20.5 Å². The maximum absolute atomic E-state index is 12.1. The van der Waals surface area contributed by atoms with E-state index in [1.807, 2.05) is 30.3 Å². The van der Waals surface area contributed by atoms with Gasteiger partial charge in [0.2, 0.25) is 0 Å². The van der Waals surface area contributed by atoms with Crippen molar-refractivity contribution in [3.63, 3.8) is 0 Å². The molecule has 7 heteroatoms. The first-order valence-corrected chi connectivity index (χ1v) is 9.18. The van der Waals surface area contributed by atoms with Crippen LogP contribution >= 0.6 is 11.6 Å². The van der Waals surface area contributed by atoms with Crippen molar-refractivity contribution in [2.75, 3.05) is 11.9 Å². The molecular formula is C22H19ClN2O4. The average molecular weight is 411 g/mol. The zero-order valence-electron chi connectivity index (χ0n) is 15.4. The number of carbonyl (C=O) groups is 2. The van der Waals surface area contributed by atoms with Crippen molar-refractivity contribution in [2.45, 2.75) is 6.61 Å². The van der Waals surface area contributed by atoms with Crippen molar-refractivity contribution >= 4 is 29.1 Å². The Morgan fingerprint density at radius 1 is 0.931 bits per heavy atom. The summed E-state index contributed by atoms with van der Waals surface area (Å²) in [7, 11) is 0. The van der Waals surface area contributed by atoms with Gasteiger partial charge in [-0.3, -0.25) is 9.59 Å². The third kappa shape index (κ3) is 5.99. The quantitative estimate of drug-likeness (QED) is 0.586. The van der Waals surface area contributed by atoms with Crippen LogP contribution < -0.4 is 20.5 Å². The second-order valence-electron chi connectivity index (χ2n) is 6.14. The number of halogens is 1. The highest BCUT2D eigenvalue weighted by Crippen LogP contribution is 2.23. The number of amides is 2. The van der Waals surface area contributed by atoms with E-state index >= 15 is 0 Å². The van der Waals surface area contributed by atoms with Gasteiger partial charge in [0.25, 0.3) is 11.8 Å². The molecule has 0 radical (unpaired) electrons. The second kappa shape index (κ2) is 9.61. The number of hydrogen-bond acceptors (Lipinski definition) is 4. The molecular weight excluding hydrogens is 392 g/mol. The fraction of sp³-hybridized carbons (Fsp3) is 0.0909. The minimum atomic E-state index is -0.686. The van der Waals surface area contributed by atoms with Crippen molar-refractivity contribution in [3.8, 4) is 11.5 Å². The molecule has 3 aromatic rings. The predicted octanol–water partition coefficient (Wildman–Crippen LogP) is 4.04. The summed E-state index contributed by atoms with van der Waals surface area (Å²) < 4.78 is 11.1. The molecule has 0 heterocycles. The SMILES string of the molecule is NC(=O)c1cc(Cl)ccc1OCC(=O)Nc1ccc(OCc2ccccc2)cc1. The van der Waals surface area contributed by atoms with E-state index in [9.17, 15) is 9.59 Å². The normalized spacial score (nSPS) is 10.2. The van der Waals surface area contributed by atoms with Crippen LogP contribution in [-0.4, -0.2) is 18.4 Å². The van der Waals surface area contributed by atoms with Crippen LogP contribution in [0.3, 0.4) is 0 Å². The van der Waals surface area contributed by atoms with Crippen LogP contribution in [0.25, 0.3) is 0 Å². The molecule has 3 N–H and O–H groups in total. The highest BCUT2D eigenvalue weighted by molar-refractivity contribution is 6.31. The van der Waals surface area contributed by atoms with E-state index in [1.165, 1.54) is 12.1 Å². The molecule has 29 heavy (non-hydrogen) atoms. The monoisotopic (exact) mass is 410 g/mol. The number of ether oxygens (including phenoxy) is 2. The first-order valence-electron chi connectivity index (χ1n) is 8.80. The highest BCUT2D eigenvalue weighted by atomic mass is 35.5. The Balaban J connectivity index is 1.51. The molecule has 0 aliphatic carbocycles. The van der Waals surface area contributed by atoms with E-state index in [4.69, 9.17) is 26.8 Å². The number of primary amides is 1. The zero-order chi connectivity index (χ0) is 20.6. The van der Waals surface area contributed by atoms with Crippen molar-refractivity contribution in [1.29, 1.82) is 0 Å². The maximum Gasteiger partial charge on any atom is 0.262 e. The lowest BCUT2D eigenvalue weighted by molar-refractivity contribution is -0.118. The van der Waals surface area contributed by atoms with Gasteiger partial charge in [0.05, 0.1) is 5.56 Å². The smallest absolute Gasteiger partial charge is 0.262 e. The summed E-state index contributed by atoms with van der Waals surface area (Å²) in [6.45, 7) is 0.178. The van der Waals surface area contributed by atoms with Crippen molar-refractivity contribution < 1.29 is 19.1 Å². The number of hydrogen-bond donors (Lipinski definition) is 2. The van der Waals surface area contributed by atoms with E-state index in [2.05, 4.69) is 5.32 Å². The fourth-order valence-electron chi connectivity index (χ4n) is 2.54. The minimum absolute atomic E-state index is 0.116. The van der Waals surface area contributed by atoms with Crippen LogP contribution in [-0.2, 0) is 11.4 Å². The molecule has 0 bridgehead atoms. The van der Waals surface area contributed by atoms with Gasteiger partial charge in [-0.1, -0.05) is 41.9 Å². The Kier molecular flexibility index (Phi) is 6.71. The van der Waals surface area contributed by atoms with E-state index in [0.717, 1.165) is 5.56 Å². The Bertz CT molecular complexity index is 991. The van der Waals surface area contributed by atoms with E-state index in [0.29, 0.717) is 23.1 Å². The Morgan fingerprint density at radius 3 is 2.34 bits per heavy atom. The van der Waals surface area contributed by atoms with Crippen molar-refractivity contribution in [3.05, 3.63) is 88.9 Å². The van der Waals surface area contributed by atoms with Gasteiger partial charge in [0.1, 0.15) is 18.1 Å². The lowest BCUT2D eigenvalue weighted by atomic mass is 10.2. The highest BCUT2D eigenvalue weighted by Gasteiger charge is 2.12. The van der Waals surface area contributed by atoms with Crippen LogP contribution in [0.1, 0.15) is 15.9 Å². The minimum Gasteiger partial charge on any atom is -0.489 e. The van der Waals surface area contributed by atoms with E-state index in [1.54, 1.807) is 30.3 Å². The summed E-state index contributed by atoms with van der Waals surface area (Å²) in [5, 5.41) is 3.06. The number of carbonyl (C=O) groups excluding carboxylic acids is 2. The molecule has 0 aliphatic heterocycles. The van der Waals surface area contributed by atoms with E-state index in [-0.39, 0.29) is 23.8 Å². The number of nitrogens with two attached hydrogens (primary N) is 1. The van der Waals surface area contributed by atoms with E-state index < -0.39 is 5.91 Å². The number of nitrogens with one attached hydrogen (secondary N) is 1. The summed E-state index contributed by atoms with van der Waals surface area (Å²) in [6.07, 6.45) is 0. The van der Waals surface area contributed by atoms with Crippen LogP contribution in [0.5, 0.6) is 11.5 Å². The molecule has 0 aliphatic rings. The molecule has 3 rings (SSSR count). The third-order valence-corrected chi connectivity index (χ3v) is 4.19. The van der Waals surface area contributed by atoms with Crippen LogP contribution in [0.15, 0.2) is 72.8 Å². The molecule has 0 saturated carbocycles. The lowest BCUT2D eigenvalue weighted by Crippen LogP contribution is -2.21. The van der Waals surface area contributed by atoms with Crippen molar-refractivity contribution in [1.82, 2.24) is 0 Å². The molecule has 0 fully saturated rings. The second-order valence-corrected chi connectivity index (χ2v) is 6.58. The number of rotatable bonds is 8. The van der Waals surface area contributed by atoms with Crippen LogP contribution in [0.2, 0.25) is 5.02 Å². The standard InChI is InChI=1S/C22H19ClN2O4/c23-16-6-11-20(19(12-16)22(24)27)29-14-21(26)25-17-7-9-18(10-8-17)28-13-15-4-2-1-3-5-15/h1-12H,13-14H2,(H2,24,27)(H,25,26). The summed E-state index contributed by atoms with van der Waals surface area (Å²) >= 11 is 5.85. The molecule has 0 atom stereocenters. The average Bonchev–Trinajstić information content (AvgIpc) is 2.73. The van der Waals surface area contributed by atoms with Gasteiger partial charge in [-0.05, 0) is 48.0 Å². The molecule has 0 aromatic heterocycles. The van der Waals surface area contributed by atoms with Crippen LogP contribution in [0, 0.1) is 0 Å². The topological polar surface area (TPSA) is 90.7 Å². The van der Waals surface area contributed by atoms with Gasteiger partial charge in [0, 0.05) is 10.7 Å². The molecule has 0 saturated heterocycles. The van der Waals surface area contributed by atoms with Gasteiger partial charge in [0.15, 0.2) is 6.61 Å². The molecule has 0 spiro atoms. The summed E-state index contributed by atoms with van der Waals surface area (Å²) in [4.78, 5) is 23.6. The molecule has 6 nitrogen and oxygen atoms in total. The Labute approximate surface area is 173 Å². The maximum atomic E-state index is 12.1. The van der Waals surface area contributed by atoms with Gasteiger partial charge in [-0.2, -0.15) is 0 Å². The Hall–Kier alpha value is -3.51. The van der Waals surface area contributed by atoms with Gasteiger partial charge in [-0.15, -0.1) is 0 Å². The molecule has 3 aromatic carbocycles. The third-order valence-electron chi connectivity index (χ3n) is 3.95. The zero-order valence-corrected chi connectivity index (χ0v) is 16.2. The first-order chi connectivity index (χ1) is 14.0. The summed E-state index contributed by atoms with van der Waals surface area (Å²) in [5.41, 5.74) is 7.08. The number of benzene rings is 3. The molecule has 2 amide bonds. The van der Waals surface area contributed by atoms with Gasteiger partial charge >= 0.3 is 0 Å². The first kappa shape index (κ1) is 20.2. The number of anilines is 1.